The van der Waals surface area contributed by atoms with Crippen LogP contribution in [0.5, 0.6) is 0 Å². The Balaban J connectivity index is 1.24. The quantitative estimate of drug-likeness (QED) is 0.420. The second kappa shape index (κ2) is 12.2. The average Bonchev–Trinajstić information content (AvgIpc) is 2.98. The molecule has 0 aliphatic carbocycles. The van der Waals surface area contributed by atoms with Gasteiger partial charge in [0.2, 0.25) is 10.0 Å². The number of rotatable bonds is 6. The number of hydrogen-bond donors (Lipinski definition) is 1. The Morgan fingerprint density at radius 3 is 2.22 bits per heavy atom. The van der Waals surface area contributed by atoms with Crippen molar-refractivity contribution in [2.24, 2.45) is 11.1 Å². The van der Waals surface area contributed by atoms with Crippen molar-refractivity contribution in [1.82, 2.24) is 4.90 Å². The number of amides is 1. The third-order valence-electron chi connectivity index (χ3n) is 8.19. The van der Waals surface area contributed by atoms with Gasteiger partial charge in [0.05, 0.1) is 16.9 Å². The lowest BCUT2D eigenvalue weighted by Crippen LogP contribution is -2.49. The summed E-state index contributed by atoms with van der Waals surface area (Å²) in [6, 6.07) is 20.9. The summed E-state index contributed by atoms with van der Waals surface area (Å²) >= 11 is 3.74. The van der Waals surface area contributed by atoms with Crippen molar-refractivity contribution in [1.29, 1.82) is 5.26 Å². The predicted octanol–water partition coefficient (Wildman–Crippen LogP) is 4.70. The number of para-hydroxylation sites is 2. The lowest BCUT2D eigenvalue weighted by atomic mass is 9.88. The molecule has 3 aromatic carbocycles. The second-order valence-electron chi connectivity index (χ2n) is 10.8. The van der Waals surface area contributed by atoms with E-state index in [-0.39, 0.29) is 10.8 Å². The van der Waals surface area contributed by atoms with Gasteiger partial charge in [0.1, 0.15) is 11.0 Å². The van der Waals surface area contributed by atoms with Crippen LogP contribution in [0.3, 0.4) is 0 Å². The highest BCUT2D eigenvalue weighted by molar-refractivity contribution is 9.10. The van der Waals surface area contributed by atoms with Crippen LogP contribution in [0.1, 0.15) is 39.9 Å². The number of carbonyl (C=O) groups is 1. The van der Waals surface area contributed by atoms with E-state index in [1.165, 1.54) is 6.07 Å². The minimum atomic E-state index is -3.85. The predicted molar refractivity (Wildman–Crippen MR) is 165 cm³/mol. The first-order chi connectivity index (χ1) is 19.7. The van der Waals surface area contributed by atoms with Crippen molar-refractivity contribution in [3.63, 3.8) is 0 Å². The second-order valence-corrected chi connectivity index (χ2v) is 13.2. The number of benzene rings is 3. The zero-order valence-electron chi connectivity index (χ0n) is 23.1. The maximum Gasteiger partial charge on any atom is 0.254 e. The number of carbonyl (C=O) groups excluding carboxylic acids is 1. The Labute approximate surface area is 250 Å². The number of sulfonamides is 1. The summed E-state index contributed by atoms with van der Waals surface area (Å²) in [5, 5.41) is 14.9. The van der Waals surface area contributed by atoms with Gasteiger partial charge in [0.25, 0.3) is 5.91 Å². The van der Waals surface area contributed by atoms with E-state index in [0.29, 0.717) is 48.9 Å². The van der Waals surface area contributed by atoms with E-state index in [1.807, 2.05) is 53.1 Å². The van der Waals surface area contributed by atoms with Crippen LogP contribution in [0.4, 0.5) is 11.4 Å². The normalized spacial score (nSPS) is 16.5. The number of piperidine rings is 1. The van der Waals surface area contributed by atoms with Gasteiger partial charge in [0.15, 0.2) is 0 Å². The minimum absolute atomic E-state index is 0.00133. The molecule has 0 bridgehead atoms. The van der Waals surface area contributed by atoms with Crippen molar-refractivity contribution in [3.8, 4) is 6.07 Å². The molecule has 3 aromatic rings. The van der Waals surface area contributed by atoms with Crippen LogP contribution in [0.2, 0.25) is 0 Å². The van der Waals surface area contributed by atoms with Gasteiger partial charge in [-0.15, -0.1) is 0 Å². The number of primary sulfonamides is 1. The molecule has 0 spiro atoms. The van der Waals surface area contributed by atoms with E-state index in [1.54, 1.807) is 18.2 Å². The Kier molecular flexibility index (Phi) is 8.68. The number of aryl methyl sites for hydroxylation is 1. The van der Waals surface area contributed by atoms with Crippen LogP contribution in [0, 0.1) is 24.2 Å². The fourth-order valence-corrected chi connectivity index (χ4v) is 7.29. The standard InChI is InChI=1S/C31H34BrN5O3S/c1-22-18-27(32)25(19-23-10-12-35(13-11-23)28-7-3-2-6-24(28)21-33)20-26(22)31(38)37-16-14-36(15-17-37)29-8-4-5-9-30(29)41(34,39)40/h2-9,18,20,23H,10-17,19H2,1H3,(H2,34,39,40). The smallest absolute Gasteiger partial charge is 0.254 e. The van der Waals surface area contributed by atoms with Gasteiger partial charge >= 0.3 is 0 Å². The molecule has 0 saturated carbocycles. The molecule has 214 valence electrons. The topological polar surface area (TPSA) is 111 Å². The lowest BCUT2D eigenvalue weighted by molar-refractivity contribution is 0.0745. The van der Waals surface area contributed by atoms with Gasteiger partial charge in [-0.2, -0.15) is 5.26 Å². The number of piperazine rings is 1. The number of nitrogens with zero attached hydrogens (tertiary/aromatic N) is 4. The molecular weight excluding hydrogens is 602 g/mol. The van der Waals surface area contributed by atoms with Gasteiger partial charge in [-0.05, 0) is 79.6 Å². The highest BCUT2D eigenvalue weighted by atomic mass is 79.9. The summed E-state index contributed by atoms with van der Waals surface area (Å²) in [5.74, 6) is 0.489. The maximum atomic E-state index is 13.6. The van der Waals surface area contributed by atoms with Gasteiger partial charge in [0, 0.05) is 49.3 Å². The molecule has 0 unspecified atom stereocenters. The lowest BCUT2D eigenvalue weighted by Gasteiger charge is -2.37. The molecule has 10 heteroatoms. The molecule has 2 saturated heterocycles. The van der Waals surface area contributed by atoms with E-state index >= 15 is 0 Å². The number of anilines is 2. The number of nitrogens with two attached hydrogens (primary N) is 1. The van der Waals surface area contributed by atoms with Crippen LogP contribution < -0.4 is 14.9 Å². The molecule has 2 heterocycles. The number of hydrogen-bond acceptors (Lipinski definition) is 6. The van der Waals surface area contributed by atoms with E-state index in [0.717, 1.165) is 53.6 Å². The van der Waals surface area contributed by atoms with Gasteiger partial charge in [-0.1, -0.05) is 40.2 Å². The fraction of sp³-hybridized carbons (Fsp3) is 0.355. The summed E-state index contributed by atoms with van der Waals surface area (Å²) in [7, 11) is -3.85. The van der Waals surface area contributed by atoms with Crippen molar-refractivity contribution in [3.05, 3.63) is 87.4 Å². The van der Waals surface area contributed by atoms with Crippen molar-refractivity contribution < 1.29 is 13.2 Å². The van der Waals surface area contributed by atoms with Gasteiger partial charge in [-0.25, -0.2) is 13.6 Å². The Hall–Kier alpha value is -3.39. The first-order valence-corrected chi connectivity index (χ1v) is 16.2. The first-order valence-electron chi connectivity index (χ1n) is 13.8. The Bertz CT molecular complexity index is 1590. The number of nitriles is 1. The van der Waals surface area contributed by atoms with Crippen LogP contribution in [0.25, 0.3) is 0 Å². The Morgan fingerprint density at radius 2 is 1.56 bits per heavy atom. The van der Waals surface area contributed by atoms with Gasteiger partial charge in [-0.3, -0.25) is 4.79 Å². The van der Waals surface area contributed by atoms with Gasteiger partial charge < -0.3 is 14.7 Å². The van der Waals surface area contributed by atoms with Crippen LogP contribution in [-0.4, -0.2) is 58.5 Å². The SMILES string of the molecule is Cc1cc(Br)c(CC2CCN(c3ccccc3C#N)CC2)cc1C(=O)N1CCN(c2ccccc2S(N)(=O)=O)CC1. The highest BCUT2D eigenvalue weighted by Gasteiger charge is 2.27. The number of halogens is 1. The monoisotopic (exact) mass is 635 g/mol. The maximum absolute atomic E-state index is 13.6. The summed E-state index contributed by atoms with van der Waals surface area (Å²) in [6.45, 7) is 5.79. The van der Waals surface area contributed by atoms with Crippen LogP contribution in [-0.2, 0) is 16.4 Å². The molecule has 0 radical (unpaired) electrons. The van der Waals surface area contributed by atoms with E-state index in [4.69, 9.17) is 5.14 Å². The molecule has 2 N–H and O–H groups in total. The van der Waals surface area contributed by atoms with Crippen LogP contribution in [0.15, 0.2) is 70.0 Å². The molecule has 2 aliphatic heterocycles. The third kappa shape index (κ3) is 6.43. The zero-order valence-corrected chi connectivity index (χ0v) is 25.5. The molecule has 0 atom stereocenters. The highest BCUT2D eigenvalue weighted by Crippen LogP contribution is 2.32. The molecule has 8 nitrogen and oxygen atoms in total. The molecule has 0 aromatic heterocycles. The Morgan fingerprint density at radius 1 is 0.951 bits per heavy atom. The molecule has 5 rings (SSSR count). The fourth-order valence-electron chi connectivity index (χ4n) is 5.92. The van der Waals surface area contributed by atoms with Crippen molar-refractivity contribution >= 4 is 43.2 Å². The van der Waals surface area contributed by atoms with Crippen LogP contribution >= 0.6 is 15.9 Å². The first kappa shape index (κ1) is 29.1. The average molecular weight is 637 g/mol. The van der Waals surface area contributed by atoms with E-state index in [9.17, 15) is 18.5 Å². The third-order valence-corrected chi connectivity index (χ3v) is 9.89. The molecule has 41 heavy (non-hydrogen) atoms. The summed E-state index contributed by atoms with van der Waals surface area (Å²) in [5.41, 5.74) is 5.07. The molecule has 2 aliphatic rings. The van der Waals surface area contributed by atoms with E-state index < -0.39 is 10.0 Å². The summed E-state index contributed by atoms with van der Waals surface area (Å²) < 4.78 is 25.2. The zero-order chi connectivity index (χ0) is 29.1. The molecule has 2 fully saturated rings. The minimum Gasteiger partial charge on any atom is -0.370 e. The summed E-state index contributed by atoms with van der Waals surface area (Å²) in [4.78, 5) is 19.9. The largest absolute Gasteiger partial charge is 0.370 e. The van der Waals surface area contributed by atoms with Crippen molar-refractivity contribution in [2.45, 2.75) is 31.1 Å². The molecule has 1 amide bonds. The van der Waals surface area contributed by atoms with E-state index in [2.05, 4.69) is 26.9 Å². The molecular formula is C31H34BrN5O3S. The summed E-state index contributed by atoms with van der Waals surface area (Å²) in [6.07, 6.45) is 2.92. The van der Waals surface area contributed by atoms with Crippen molar-refractivity contribution in [2.75, 3.05) is 49.1 Å².